The van der Waals surface area contributed by atoms with Gasteiger partial charge in [-0.25, -0.2) is 4.79 Å². The van der Waals surface area contributed by atoms with Crippen LogP contribution >= 0.6 is 11.8 Å². The highest BCUT2D eigenvalue weighted by atomic mass is 32.2. The molecule has 2 aromatic carbocycles. The number of thioether (sulfide) groups is 1. The molecule has 1 saturated heterocycles. The maximum absolute atomic E-state index is 12.2. The second kappa shape index (κ2) is 9.75. The van der Waals surface area contributed by atoms with E-state index < -0.39 is 23.0 Å². The molecule has 0 bridgehead atoms. The molecule has 3 amide bonds. The van der Waals surface area contributed by atoms with Gasteiger partial charge in [-0.3, -0.25) is 19.7 Å². The minimum absolute atomic E-state index is 0.252. The Morgan fingerprint density at radius 2 is 1.83 bits per heavy atom. The number of benzene rings is 2. The predicted molar refractivity (Wildman–Crippen MR) is 112 cm³/mol. The van der Waals surface area contributed by atoms with Gasteiger partial charge < -0.3 is 14.8 Å². The first-order valence-electron chi connectivity index (χ1n) is 9.00. The number of hydrogen-bond acceptors (Lipinski definition) is 7. The fourth-order valence-electron chi connectivity index (χ4n) is 2.54. The summed E-state index contributed by atoms with van der Waals surface area (Å²) in [4.78, 5) is 47.1. The molecular formula is C21H18N2O6S. The Morgan fingerprint density at radius 1 is 1.10 bits per heavy atom. The minimum Gasteiger partial charge on any atom is -0.483 e. The molecule has 9 heteroatoms. The first-order chi connectivity index (χ1) is 14.5. The van der Waals surface area contributed by atoms with Crippen molar-refractivity contribution in [3.8, 4) is 5.75 Å². The molecule has 1 aliphatic heterocycles. The number of ether oxygens (including phenoxy) is 2. The van der Waals surface area contributed by atoms with Crippen LogP contribution in [0.5, 0.6) is 5.75 Å². The molecule has 1 fully saturated rings. The van der Waals surface area contributed by atoms with Gasteiger partial charge in [0, 0.05) is 11.3 Å². The number of esters is 1. The van der Waals surface area contributed by atoms with Crippen molar-refractivity contribution in [2.45, 2.75) is 6.92 Å². The Balaban J connectivity index is 1.60. The molecule has 2 aromatic rings. The summed E-state index contributed by atoms with van der Waals surface area (Å²) in [6.45, 7) is 1.74. The standard InChI is InChI=1S/C21H18N2O6S/c1-2-28-20(26)13-7-9-15(10-8-13)22-18(24)12-29-16-6-4-3-5-14(16)11-17-19(25)23-21(27)30-17/h3-11H,2,12H2,1H3,(H,22,24)(H,23,25,27)/b17-11-. The predicted octanol–water partition coefficient (Wildman–Crippen LogP) is 3.20. The third-order valence-corrected chi connectivity index (χ3v) is 4.70. The van der Waals surface area contributed by atoms with E-state index in [9.17, 15) is 19.2 Å². The van der Waals surface area contributed by atoms with Gasteiger partial charge in [-0.05, 0) is 55.1 Å². The van der Waals surface area contributed by atoms with Crippen LogP contribution in [0.1, 0.15) is 22.8 Å². The molecule has 2 N–H and O–H groups in total. The van der Waals surface area contributed by atoms with Crippen molar-refractivity contribution in [1.29, 1.82) is 0 Å². The lowest BCUT2D eigenvalue weighted by molar-refractivity contribution is -0.118. The van der Waals surface area contributed by atoms with Crippen LogP contribution in [0.4, 0.5) is 10.5 Å². The Kier molecular flexibility index (Phi) is 6.87. The minimum atomic E-state index is -0.469. The quantitative estimate of drug-likeness (QED) is 0.517. The zero-order valence-electron chi connectivity index (χ0n) is 16.0. The van der Waals surface area contributed by atoms with Crippen molar-refractivity contribution >= 4 is 46.5 Å². The lowest BCUT2D eigenvalue weighted by atomic mass is 10.2. The van der Waals surface area contributed by atoms with Gasteiger partial charge in [-0.1, -0.05) is 18.2 Å². The molecule has 0 unspecified atom stereocenters. The molecule has 30 heavy (non-hydrogen) atoms. The van der Waals surface area contributed by atoms with Crippen LogP contribution in [-0.4, -0.2) is 36.2 Å². The average molecular weight is 426 g/mol. The second-order valence-corrected chi connectivity index (χ2v) is 7.04. The number of para-hydroxylation sites is 1. The van der Waals surface area contributed by atoms with Gasteiger partial charge in [0.2, 0.25) is 0 Å². The summed E-state index contributed by atoms with van der Waals surface area (Å²) in [6, 6.07) is 13.2. The Hall–Kier alpha value is -3.59. The molecule has 1 heterocycles. The molecule has 0 aliphatic carbocycles. The SMILES string of the molecule is CCOC(=O)c1ccc(NC(=O)COc2ccccc2/C=C2\SC(=O)NC2=O)cc1. The van der Waals surface area contributed by atoms with Crippen LogP contribution in [0, 0.1) is 0 Å². The van der Waals surface area contributed by atoms with Crippen LogP contribution in [-0.2, 0) is 14.3 Å². The van der Waals surface area contributed by atoms with E-state index in [2.05, 4.69) is 10.6 Å². The van der Waals surface area contributed by atoms with E-state index >= 15 is 0 Å². The fourth-order valence-corrected chi connectivity index (χ4v) is 3.21. The van der Waals surface area contributed by atoms with Crippen molar-refractivity contribution < 1.29 is 28.7 Å². The van der Waals surface area contributed by atoms with Crippen LogP contribution in [0.3, 0.4) is 0 Å². The monoisotopic (exact) mass is 426 g/mol. The molecule has 1 aliphatic rings. The van der Waals surface area contributed by atoms with Crippen molar-refractivity contribution in [2.24, 2.45) is 0 Å². The lowest BCUT2D eigenvalue weighted by Gasteiger charge is -2.10. The van der Waals surface area contributed by atoms with E-state index in [4.69, 9.17) is 9.47 Å². The summed E-state index contributed by atoms with van der Waals surface area (Å²) >= 11 is 0.803. The summed E-state index contributed by atoms with van der Waals surface area (Å²) in [5.74, 6) is -0.904. The zero-order chi connectivity index (χ0) is 21.5. The maximum Gasteiger partial charge on any atom is 0.338 e. The van der Waals surface area contributed by atoms with E-state index in [0.29, 0.717) is 22.6 Å². The van der Waals surface area contributed by atoms with E-state index in [1.54, 1.807) is 55.5 Å². The number of hydrogen-bond donors (Lipinski definition) is 2. The highest BCUT2D eigenvalue weighted by molar-refractivity contribution is 8.18. The number of anilines is 1. The van der Waals surface area contributed by atoms with Gasteiger partial charge in [0.15, 0.2) is 6.61 Å². The first kappa shape index (κ1) is 21.1. The molecule has 0 radical (unpaired) electrons. The number of rotatable bonds is 7. The third-order valence-electron chi connectivity index (χ3n) is 3.89. The molecule has 0 atom stereocenters. The first-order valence-corrected chi connectivity index (χ1v) is 9.81. The van der Waals surface area contributed by atoms with E-state index in [-0.39, 0.29) is 18.1 Å². The second-order valence-electron chi connectivity index (χ2n) is 6.02. The van der Waals surface area contributed by atoms with Crippen LogP contribution in [0.25, 0.3) is 6.08 Å². The van der Waals surface area contributed by atoms with E-state index in [1.807, 2.05) is 0 Å². The van der Waals surface area contributed by atoms with Crippen molar-refractivity contribution in [2.75, 3.05) is 18.5 Å². The molecule has 154 valence electrons. The molecule has 8 nitrogen and oxygen atoms in total. The fraction of sp³-hybridized carbons (Fsp3) is 0.143. The van der Waals surface area contributed by atoms with Gasteiger partial charge in [-0.15, -0.1) is 0 Å². The number of carbonyl (C=O) groups excluding carboxylic acids is 4. The smallest absolute Gasteiger partial charge is 0.338 e. The molecule has 0 spiro atoms. The van der Waals surface area contributed by atoms with Crippen molar-refractivity contribution in [3.05, 3.63) is 64.6 Å². The van der Waals surface area contributed by atoms with Crippen LogP contribution < -0.4 is 15.4 Å². The lowest BCUT2D eigenvalue weighted by Crippen LogP contribution is -2.20. The normalized spacial score (nSPS) is 14.4. The summed E-state index contributed by atoms with van der Waals surface area (Å²) in [7, 11) is 0. The van der Waals surface area contributed by atoms with Crippen LogP contribution in [0.2, 0.25) is 0 Å². The Bertz CT molecular complexity index is 1020. The van der Waals surface area contributed by atoms with E-state index in [0.717, 1.165) is 11.8 Å². The largest absolute Gasteiger partial charge is 0.483 e. The molecule has 0 saturated carbocycles. The number of amides is 3. The zero-order valence-corrected chi connectivity index (χ0v) is 16.8. The van der Waals surface area contributed by atoms with Gasteiger partial charge in [0.25, 0.3) is 17.1 Å². The van der Waals surface area contributed by atoms with Gasteiger partial charge in [0.1, 0.15) is 5.75 Å². The Labute approximate surface area is 176 Å². The van der Waals surface area contributed by atoms with Crippen molar-refractivity contribution in [3.63, 3.8) is 0 Å². The van der Waals surface area contributed by atoms with Gasteiger partial charge in [-0.2, -0.15) is 0 Å². The summed E-state index contributed by atoms with van der Waals surface area (Å²) in [5.41, 5.74) is 1.46. The molecular weight excluding hydrogens is 408 g/mol. The highest BCUT2D eigenvalue weighted by Gasteiger charge is 2.25. The van der Waals surface area contributed by atoms with Gasteiger partial charge in [0.05, 0.1) is 17.1 Å². The highest BCUT2D eigenvalue weighted by Crippen LogP contribution is 2.29. The van der Waals surface area contributed by atoms with Crippen molar-refractivity contribution in [1.82, 2.24) is 5.32 Å². The third kappa shape index (κ3) is 5.48. The maximum atomic E-state index is 12.2. The average Bonchev–Trinajstić information content (AvgIpc) is 3.04. The number of imide groups is 1. The topological polar surface area (TPSA) is 111 Å². The molecule has 0 aromatic heterocycles. The molecule has 3 rings (SSSR count). The summed E-state index contributed by atoms with van der Waals surface area (Å²) < 4.78 is 10.5. The summed E-state index contributed by atoms with van der Waals surface area (Å²) in [5, 5.41) is 4.42. The number of nitrogens with one attached hydrogen (secondary N) is 2. The number of carbonyl (C=O) groups is 4. The Morgan fingerprint density at radius 3 is 2.50 bits per heavy atom. The summed E-state index contributed by atoms with van der Waals surface area (Å²) in [6.07, 6.45) is 1.53. The van der Waals surface area contributed by atoms with E-state index in [1.165, 1.54) is 6.08 Å². The van der Waals surface area contributed by atoms with Crippen LogP contribution in [0.15, 0.2) is 53.4 Å². The van der Waals surface area contributed by atoms with Gasteiger partial charge >= 0.3 is 5.97 Å².